The van der Waals surface area contributed by atoms with Crippen LogP contribution in [0.1, 0.15) is 4.88 Å². The molecule has 0 aliphatic carbocycles. The Hall–Kier alpha value is -1.39. The number of nitrogens with zero attached hydrogens (tertiary/aromatic N) is 1. The minimum Gasteiger partial charge on any atom is -0.258 e. The highest BCUT2D eigenvalue weighted by molar-refractivity contribution is 7.15. The van der Waals surface area contributed by atoms with Crippen molar-refractivity contribution < 1.29 is 4.92 Å². The monoisotopic (exact) mass is 253 g/mol. The van der Waals surface area contributed by atoms with Crippen molar-refractivity contribution in [2.24, 2.45) is 0 Å². The third kappa shape index (κ3) is 1.94. The van der Waals surface area contributed by atoms with Gasteiger partial charge in [0.15, 0.2) is 0 Å². The highest BCUT2D eigenvalue weighted by Crippen LogP contribution is 2.40. The molecule has 0 radical (unpaired) electrons. The summed E-state index contributed by atoms with van der Waals surface area (Å²) < 4.78 is 0. The SMILES string of the molecule is Cc1cc(-c2ccccc2Cl)c([N+](=O)[O-])s1. The lowest BCUT2D eigenvalue weighted by Crippen LogP contribution is -1.86. The number of aryl methyl sites for hydroxylation is 1. The van der Waals surface area contributed by atoms with Crippen LogP contribution < -0.4 is 0 Å². The molecule has 3 nitrogen and oxygen atoms in total. The molecular weight excluding hydrogens is 246 g/mol. The van der Waals surface area contributed by atoms with Crippen molar-refractivity contribution >= 4 is 27.9 Å². The summed E-state index contributed by atoms with van der Waals surface area (Å²) in [4.78, 5) is 11.4. The van der Waals surface area contributed by atoms with Gasteiger partial charge in [-0.3, -0.25) is 10.1 Å². The van der Waals surface area contributed by atoms with Gasteiger partial charge in [0, 0.05) is 15.5 Å². The van der Waals surface area contributed by atoms with E-state index in [0.717, 1.165) is 4.88 Å². The van der Waals surface area contributed by atoms with Gasteiger partial charge in [0.2, 0.25) is 0 Å². The molecule has 0 atom stereocenters. The largest absolute Gasteiger partial charge is 0.332 e. The molecule has 0 amide bonds. The van der Waals surface area contributed by atoms with Gasteiger partial charge >= 0.3 is 5.00 Å². The number of nitro groups is 1. The smallest absolute Gasteiger partial charge is 0.258 e. The zero-order valence-electron chi connectivity index (χ0n) is 8.44. The Bertz CT molecular complexity index is 551. The topological polar surface area (TPSA) is 43.1 Å². The molecule has 0 unspecified atom stereocenters. The standard InChI is InChI=1S/C11H8ClNO2S/c1-7-6-9(11(16-7)13(14)15)8-4-2-3-5-10(8)12/h2-6H,1H3. The van der Waals surface area contributed by atoms with Crippen LogP contribution in [0.5, 0.6) is 0 Å². The highest BCUT2D eigenvalue weighted by Gasteiger charge is 2.20. The van der Waals surface area contributed by atoms with Gasteiger partial charge in [-0.2, -0.15) is 0 Å². The summed E-state index contributed by atoms with van der Waals surface area (Å²) in [5.41, 5.74) is 1.30. The number of hydrogen-bond donors (Lipinski definition) is 0. The second-order valence-electron chi connectivity index (χ2n) is 3.31. The van der Waals surface area contributed by atoms with Crippen LogP contribution in [0.3, 0.4) is 0 Å². The van der Waals surface area contributed by atoms with Gasteiger partial charge in [-0.25, -0.2) is 0 Å². The Balaban J connectivity index is 2.64. The molecule has 1 heterocycles. The van der Waals surface area contributed by atoms with Crippen molar-refractivity contribution in [1.82, 2.24) is 0 Å². The second-order valence-corrected chi connectivity index (χ2v) is 4.95. The number of rotatable bonds is 2. The third-order valence-corrected chi connectivity index (χ3v) is 3.50. The number of thiophene rings is 1. The van der Waals surface area contributed by atoms with E-state index in [4.69, 9.17) is 11.6 Å². The Kier molecular flexibility index (Phi) is 2.94. The van der Waals surface area contributed by atoms with E-state index in [-0.39, 0.29) is 9.92 Å². The van der Waals surface area contributed by atoms with Gasteiger partial charge < -0.3 is 0 Å². The van der Waals surface area contributed by atoms with Crippen LogP contribution in [-0.2, 0) is 0 Å². The number of halogens is 1. The van der Waals surface area contributed by atoms with Crippen LogP contribution in [0.25, 0.3) is 11.1 Å². The maximum absolute atomic E-state index is 10.9. The summed E-state index contributed by atoms with van der Waals surface area (Å²) in [6, 6.07) is 8.93. The molecule has 0 aliphatic rings. The number of benzene rings is 1. The molecule has 2 rings (SSSR count). The maximum Gasteiger partial charge on any atom is 0.332 e. The van der Waals surface area contributed by atoms with E-state index >= 15 is 0 Å². The predicted molar refractivity (Wildman–Crippen MR) is 66.2 cm³/mol. The fraction of sp³-hybridized carbons (Fsp3) is 0.0909. The molecule has 0 saturated carbocycles. The van der Waals surface area contributed by atoms with E-state index in [9.17, 15) is 10.1 Å². The molecule has 0 spiro atoms. The fourth-order valence-electron chi connectivity index (χ4n) is 1.51. The summed E-state index contributed by atoms with van der Waals surface area (Å²) in [6.45, 7) is 1.85. The van der Waals surface area contributed by atoms with Crippen LogP contribution in [0, 0.1) is 17.0 Å². The molecule has 0 bridgehead atoms. The van der Waals surface area contributed by atoms with E-state index < -0.39 is 0 Å². The van der Waals surface area contributed by atoms with Gasteiger partial charge in [-0.15, -0.1) is 0 Å². The van der Waals surface area contributed by atoms with Crippen molar-refractivity contribution in [3.63, 3.8) is 0 Å². The zero-order valence-corrected chi connectivity index (χ0v) is 10.0. The molecule has 82 valence electrons. The van der Waals surface area contributed by atoms with Crippen molar-refractivity contribution in [3.05, 3.63) is 50.3 Å². The fourth-order valence-corrected chi connectivity index (χ4v) is 2.58. The lowest BCUT2D eigenvalue weighted by Gasteiger charge is -2.00. The van der Waals surface area contributed by atoms with E-state index in [1.165, 1.54) is 11.3 Å². The lowest BCUT2D eigenvalue weighted by atomic mass is 10.1. The van der Waals surface area contributed by atoms with Crippen molar-refractivity contribution in [1.29, 1.82) is 0 Å². The molecule has 1 aromatic heterocycles. The van der Waals surface area contributed by atoms with Crippen LogP contribution in [0.4, 0.5) is 5.00 Å². The quantitative estimate of drug-likeness (QED) is 0.592. The van der Waals surface area contributed by atoms with Crippen molar-refractivity contribution in [3.8, 4) is 11.1 Å². The van der Waals surface area contributed by atoms with E-state index in [1.54, 1.807) is 24.3 Å². The van der Waals surface area contributed by atoms with E-state index in [1.807, 2.05) is 13.0 Å². The molecule has 16 heavy (non-hydrogen) atoms. The first kappa shape index (κ1) is 11.1. The molecule has 5 heteroatoms. The number of hydrogen-bond acceptors (Lipinski definition) is 3. The van der Waals surface area contributed by atoms with Gasteiger partial charge in [-0.1, -0.05) is 41.1 Å². The third-order valence-electron chi connectivity index (χ3n) is 2.17. The minimum absolute atomic E-state index is 0.144. The van der Waals surface area contributed by atoms with Crippen LogP contribution >= 0.6 is 22.9 Å². The first-order chi connectivity index (χ1) is 7.59. The summed E-state index contributed by atoms with van der Waals surface area (Å²) in [5, 5.41) is 11.6. The summed E-state index contributed by atoms with van der Waals surface area (Å²) in [7, 11) is 0. The van der Waals surface area contributed by atoms with E-state index in [2.05, 4.69) is 0 Å². The molecule has 1 aromatic carbocycles. The minimum atomic E-state index is -0.365. The highest BCUT2D eigenvalue weighted by atomic mass is 35.5. The average molecular weight is 254 g/mol. The molecule has 0 fully saturated rings. The van der Waals surface area contributed by atoms with Gasteiger partial charge in [0.1, 0.15) is 0 Å². The Labute approximate surface area is 101 Å². The van der Waals surface area contributed by atoms with Crippen LogP contribution in [0.15, 0.2) is 30.3 Å². The molecule has 0 aliphatic heterocycles. The molecular formula is C11H8ClNO2S. The summed E-state index contributed by atoms with van der Waals surface area (Å²) in [5.74, 6) is 0. The van der Waals surface area contributed by atoms with Gasteiger partial charge in [0.05, 0.1) is 10.5 Å². The Morgan fingerprint density at radius 2 is 2.00 bits per heavy atom. The zero-order chi connectivity index (χ0) is 11.7. The van der Waals surface area contributed by atoms with Gasteiger partial charge in [0.25, 0.3) is 0 Å². The lowest BCUT2D eigenvalue weighted by molar-refractivity contribution is -0.379. The van der Waals surface area contributed by atoms with Crippen molar-refractivity contribution in [2.75, 3.05) is 0 Å². The predicted octanol–water partition coefficient (Wildman–Crippen LogP) is 4.29. The van der Waals surface area contributed by atoms with Crippen LogP contribution in [-0.4, -0.2) is 4.92 Å². The van der Waals surface area contributed by atoms with Crippen LogP contribution in [0.2, 0.25) is 5.02 Å². The molecule has 0 saturated heterocycles. The van der Waals surface area contributed by atoms with Gasteiger partial charge in [-0.05, 0) is 19.1 Å². The average Bonchev–Trinajstić information content (AvgIpc) is 2.61. The van der Waals surface area contributed by atoms with E-state index in [0.29, 0.717) is 16.1 Å². The normalized spacial score (nSPS) is 10.4. The molecule has 0 N–H and O–H groups in total. The Morgan fingerprint density at radius 3 is 2.62 bits per heavy atom. The summed E-state index contributed by atoms with van der Waals surface area (Å²) >= 11 is 7.19. The maximum atomic E-state index is 10.9. The second kappa shape index (κ2) is 4.23. The summed E-state index contributed by atoms with van der Waals surface area (Å²) in [6.07, 6.45) is 0. The Morgan fingerprint density at radius 1 is 1.31 bits per heavy atom. The van der Waals surface area contributed by atoms with Crippen molar-refractivity contribution in [2.45, 2.75) is 6.92 Å². The first-order valence-electron chi connectivity index (χ1n) is 4.59. The first-order valence-corrected chi connectivity index (χ1v) is 5.79. The molecule has 2 aromatic rings.